The number of ether oxygens (including phenoxy) is 1. The van der Waals surface area contributed by atoms with Gasteiger partial charge < -0.3 is 19.9 Å². The van der Waals surface area contributed by atoms with Crippen LogP contribution in [0.2, 0.25) is 0 Å². The number of morpholine rings is 1. The molecule has 0 saturated carbocycles. The quantitative estimate of drug-likeness (QED) is 0.360. The largest absolute Gasteiger partial charge is 0.378 e. The first-order valence-corrected chi connectivity index (χ1v) is 11.6. The fraction of sp³-hybridized carbons (Fsp3) is 0.192. The zero-order valence-electron chi connectivity index (χ0n) is 19.5. The number of anilines is 1. The van der Waals surface area contributed by atoms with Crippen molar-refractivity contribution in [2.75, 3.05) is 31.6 Å². The van der Waals surface area contributed by atoms with E-state index in [1.54, 1.807) is 18.6 Å². The van der Waals surface area contributed by atoms with Crippen molar-refractivity contribution in [1.29, 1.82) is 0 Å². The third-order valence-electron chi connectivity index (χ3n) is 6.26. The van der Waals surface area contributed by atoms with Crippen molar-refractivity contribution in [2.45, 2.75) is 6.92 Å². The van der Waals surface area contributed by atoms with Crippen molar-refractivity contribution < 1.29 is 14.3 Å². The summed E-state index contributed by atoms with van der Waals surface area (Å²) in [7, 11) is 0. The first-order chi connectivity index (χ1) is 17.6. The van der Waals surface area contributed by atoms with Crippen molar-refractivity contribution in [3.05, 3.63) is 60.6 Å². The molecule has 3 N–H and O–H groups in total. The Bertz CT molecular complexity index is 1610. The van der Waals surface area contributed by atoms with Gasteiger partial charge in [-0.15, -0.1) is 0 Å². The van der Waals surface area contributed by atoms with Crippen molar-refractivity contribution in [3.8, 4) is 22.5 Å². The minimum absolute atomic E-state index is 0.00293. The summed E-state index contributed by atoms with van der Waals surface area (Å²) in [4.78, 5) is 38.7. The van der Waals surface area contributed by atoms with E-state index in [1.165, 1.54) is 6.92 Å². The summed E-state index contributed by atoms with van der Waals surface area (Å²) in [5, 5.41) is 11.9. The number of aromatic nitrogens is 5. The van der Waals surface area contributed by atoms with Crippen LogP contribution in [0.25, 0.3) is 44.5 Å². The maximum Gasteiger partial charge on any atom is 0.254 e. The molecule has 1 aliphatic heterocycles. The fourth-order valence-corrected chi connectivity index (χ4v) is 4.54. The molecule has 0 radical (unpaired) electrons. The molecule has 1 aromatic carbocycles. The van der Waals surface area contributed by atoms with Gasteiger partial charge in [0.05, 0.1) is 30.8 Å². The Kier molecular flexibility index (Phi) is 5.42. The van der Waals surface area contributed by atoms with Gasteiger partial charge in [-0.3, -0.25) is 19.7 Å². The van der Waals surface area contributed by atoms with Crippen LogP contribution in [0.1, 0.15) is 17.3 Å². The number of nitrogens with one attached hydrogen (secondary N) is 3. The lowest BCUT2D eigenvalue weighted by molar-refractivity contribution is -0.114. The molecule has 1 aliphatic rings. The number of carbonyl (C=O) groups is 2. The van der Waals surface area contributed by atoms with Gasteiger partial charge in [-0.25, -0.2) is 4.98 Å². The van der Waals surface area contributed by atoms with Crippen LogP contribution < -0.4 is 5.32 Å². The summed E-state index contributed by atoms with van der Waals surface area (Å²) in [6, 6.07) is 11.5. The summed E-state index contributed by atoms with van der Waals surface area (Å²) < 4.78 is 5.39. The highest BCUT2D eigenvalue weighted by atomic mass is 16.5. The van der Waals surface area contributed by atoms with Gasteiger partial charge in [-0.1, -0.05) is 6.07 Å². The Morgan fingerprint density at radius 1 is 1.03 bits per heavy atom. The Labute approximate surface area is 205 Å². The third kappa shape index (κ3) is 3.97. The van der Waals surface area contributed by atoms with E-state index in [4.69, 9.17) is 4.74 Å². The summed E-state index contributed by atoms with van der Waals surface area (Å²) in [6.45, 7) is 3.74. The number of H-pyrrole nitrogens is 2. The van der Waals surface area contributed by atoms with Gasteiger partial charge in [0.15, 0.2) is 5.65 Å². The molecule has 0 bridgehead atoms. The first kappa shape index (κ1) is 21.9. The molecule has 6 rings (SSSR count). The number of nitrogens with zero attached hydrogens (tertiary/aromatic N) is 4. The van der Waals surface area contributed by atoms with E-state index >= 15 is 0 Å². The van der Waals surface area contributed by atoms with Crippen molar-refractivity contribution in [2.24, 2.45) is 0 Å². The summed E-state index contributed by atoms with van der Waals surface area (Å²) >= 11 is 0. The monoisotopic (exact) mass is 481 g/mol. The maximum absolute atomic E-state index is 13.2. The van der Waals surface area contributed by atoms with Gasteiger partial charge in [0.1, 0.15) is 5.69 Å². The molecule has 180 valence electrons. The predicted molar refractivity (Wildman–Crippen MR) is 135 cm³/mol. The van der Waals surface area contributed by atoms with Gasteiger partial charge in [-0.05, 0) is 30.3 Å². The lowest BCUT2D eigenvalue weighted by atomic mass is 10.1. The lowest BCUT2D eigenvalue weighted by Crippen LogP contribution is -2.40. The molecule has 5 heterocycles. The van der Waals surface area contributed by atoms with Crippen LogP contribution >= 0.6 is 0 Å². The predicted octanol–water partition coefficient (Wildman–Crippen LogP) is 3.60. The number of rotatable bonds is 4. The standard InChI is InChI=1S/C26H23N7O3/c1-15(34)29-18-9-16(12-27-14-18)17-10-21-24(31-32-25(21)28-13-17)23-11-20-19(3-2-4-22(20)30-23)26(35)33-5-7-36-8-6-33/h2-4,9-14,30H,5-8H2,1H3,(H,29,34)(H,28,31,32). The van der Waals surface area contributed by atoms with E-state index in [9.17, 15) is 9.59 Å². The fourth-order valence-electron chi connectivity index (χ4n) is 4.54. The third-order valence-corrected chi connectivity index (χ3v) is 6.26. The normalized spacial score (nSPS) is 13.9. The van der Waals surface area contributed by atoms with Gasteiger partial charge >= 0.3 is 0 Å². The highest BCUT2D eigenvalue weighted by molar-refractivity contribution is 6.08. The number of pyridine rings is 2. The minimum atomic E-state index is -0.162. The summed E-state index contributed by atoms with van der Waals surface area (Å²) in [5.41, 5.74) is 5.90. The Morgan fingerprint density at radius 3 is 2.69 bits per heavy atom. The molecule has 0 spiro atoms. The zero-order valence-corrected chi connectivity index (χ0v) is 19.5. The maximum atomic E-state index is 13.2. The van der Waals surface area contributed by atoms with Crippen molar-refractivity contribution >= 4 is 39.4 Å². The van der Waals surface area contributed by atoms with Crippen LogP contribution in [0, 0.1) is 0 Å². The number of hydrogen-bond donors (Lipinski definition) is 3. The average molecular weight is 482 g/mol. The molecule has 10 heteroatoms. The number of fused-ring (bicyclic) bond motifs is 2. The van der Waals surface area contributed by atoms with Gasteiger partial charge in [-0.2, -0.15) is 5.10 Å². The second-order valence-electron chi connectivity index (χ2n) is 8.69. The van der Waals surface area contributed by atoms with Gasteiger partial charge in [0.2, 0.25) is 5.91 Å². The summed E-state index contributed by atoms with van der Waals surface area (Å²) in [6.07, 6.45) is 5.06. The first-order valence-electron chi connectivity index (χ1n) is 11.6. The number of aromatic amines is 2. The Hall–Kier alpha value is -4.57. The van der Waals surface area contributed by atoms with E-state index in [1.807, 2.05) is 41.3 Å². The molecule has 4 aromatic heterocycles. The van der Waals surface area contributed by atoms with Crippen LogP contribution in [-0.4, -0.2) is 68.2 Å². The molecule has 2 amide bonds. The Morgan fingerprint density at radius 2 is 1.86 bits per heavy atom. The van der Waals surface area contributed by atoms with Crippen molar-refractivity contribution in [3.63, 3.8) is 0 Å². The zero-order chi connectivity index (χ0) is 24.6. The molecular formula is C26H23N7O3. The second kappa shape index (κ2) is 8.90. The topological polar surface area (TPSA) is 129 Å². The highest BCUT2D eigenvalue weighted by Crippen LogP contribution is 2.32. The van der Waals surface area contributed by atoms with E-state index in [-0.39, 0.29) is 11.8 Å². The van der Waals surface area contributed by atoms with E-state index < -0.39 is 0 Å². The SMILES string of the molecule is CC(=O)Nc1cncc(-c2cnc3[nH]nc(-c4cc5c(C(=O)N6CCOCC6)cccc5[nH]4)c3c2)c1. The molecule has 1 fully saturated rings. The van der Waals surface area contributed by atoms with Crippen LogP contribution in [0.15, 0.2) is 55.0 Å². The highest BCUT2D eigenvalue weighted by Gasteiger charge is 2.22. The van der Waals surface area contributed by atoms with Crippen LogP contribution in [0.5, 0.6) is 0 Å². The van der Waals surface area contributed by atoms with Crippen LogP contribution in [0.3, 0.4) is 0 Å². The molecule has 1 saturated heterocycles. The van der Waals surface area contributed by atoms with E-state index in [0.29, 0.717) is 48.9 Å². The van der Waals surface area contributed by atoms with E-state index in [2.05, 4.69) is 30.5 Å². The second-order valence-corrected chi connectivity index (χ2v) is 8.69. The van der Waals surface area contributed by atoms with Crippen LogP contribution in [0.4, 0.5) is 5.69 Å². The molecule has 0 atom stereocenters. The van der Waals surface area contributed by atoms with Crippen molar-refractivity contribution in [1.82, 2.24) is 30.0 Å². The van der Waals surface area contributed by atoms with Gasteiger partial charge in [0.25, 0.3) is 5.91 Å². The number of amides is 2. The minimum Gasteiger partial charge on any atom is -0.378 e. The molecule has 5 aromatic rings. The molecule has 0 aliphatic carbocycles. The lowest BCUT2D eigenvalue weighted by Gasteiger charge is -2.27. The molecule has 10 nitrogen and oxygen atoms in total. The molecule has 36 heavy (non-hydrogen) atoms. The average Bonchev–Trinajstić information content (AvgIpc) is 3.52. The number of hydrogen-bond acceptors (Lipinski definition) is 6. The number of benzene rings is 1. The summed E-state index contributed by atoms with van der Waals surface area (Å²) in [5.74, 6) is -0.165. The Balaban J connectivity index is 1.40. The number of carbonyl (C=O) groups excluding carboxylic acids is 2. The van der Waals surface area contributed by atoms with Crippen LogP contribution in [-0.2, 0) is 9.53 Å². The smallest absolute Gasteiger partial charge is 0.254 e. The van der Waals surface area contributed by atoms with Gasteiger partial charge in [0, 0.05) is 65.4 Å². The molecule has 0 unspecified atom stereocenters. The van der Waals surface area contributed by atoms with E-state index in [0.717, 1.165) is 33.1 Å². The molecular weight excluding hydrogens is 458 g/mol.